The second-order valence-corrected chi connectivity index (χ2v) is 6.18. The quantitative estimate of drug-likeness (QED) is 0.842. The van der Waals surface area contributed by atoms with Crippen LogP contribution in [0.1, 0.15) is 41.0 Å². The van der Waals surface area contributed by atoms with Crippen molar-refractivity contribution < 1.29 is 9.59 Å². The predicted molar refractivity (Wildman–Crippen MR) is 76.4 cm³/mol. The Labute approximate surface area is 119 Å². The molecule has 2 unspecified atom stereocenters. The van der Waals surface area contributed by atoms with E-state index in [1.54, 1.807) is 13.8 Å². The number of urea groups is 2. The van der Waals surface area contributed by atoms with Gasteiger partial charge in [0.25, 0.3) is 0 Å². The summed E-state index contributed by atoms with van der Waals surface area (Å²) in [6, 6.07) is 0.622. The zero-order valence-corrected chi connectivity index (χ0v) is 12.7. The summed E-state index contributed by atoms with van der Waals surface area (Å²) in [6.07, 6.45) is 0.557. The molecule has 0 aliphatic carbocycles. The summed E-state index contributed by atoms with van der Waals surface area (Å²) in [4.78, 5) is 29.0. The summed E-state index contributed by atoms with van der Waals surface area (Å²) in [5.41, 5.74) is 0.370. The molecule has 0 saturated carbocycles. The Morgan fingerprint density at radius 3 is 2.55 bits per heavy atom. The molecule has 0 radical (unpaired) electrons. The third kappa shape index (κ3) is 3.56. The summed E-state index contributed by atoms with van der Waals surface area (Å²) < 4.78 is 0. The van der Waals surface area contributed by atoms with Crippen molar-refractivity contribution >= 4 is 17.8 Å². The lowest BCUT2D eigenvalue weighted by molar-refractivity contribution is 0.148. The van der Waals surface area contributed by atoms with Crippen LogP contribution in [0.3, 0.4) is 0 Å². The van der Waals surface area contributed by atoms with Gasteiger partial charge >= 0.3 is 12.1 Å². The number of aliphatic imine (C=N–C) groups is 1. The molecule has 1 N–H and O–H groups in total. The standard InChI is InChI=1S/C14H22N4O2/c1-6-16-12(19)18-11(7-14(3,4)5)10(8-15)9(2)17-13(18)20/h10-11H,6-7H2,1-5H3,(H,16,19). The minimum atomic E-state index is -0.589. The number of imide groups is 1. The summed E-state index contributed by atoms with van der Waals surface area (Å²) in [6.45, 7) is 9.91. The predicted octanol–water partition coefficient (Wildman–Crippen LogP) is 2.56. The Balaban J connectivity index is 3.19. The van der Waals surface area contributed by atoms with Crippen LogP contribution in [0, 0.1) is 22.7 Å². The highest BCUT2D eigenvalue weighted by molar-refractivity contribution is 6.05. The maximum Gasteiger partial charge on any atom is 0.351 e. The van der Waals surface area contributed by atoms with Gasteiger partial charge in [0, 0.05) is 12.3 Å². The highest BCUT2D eigenvalue weighted by atomic mass is 16.2. The second-order valence-electron chi connectivity index (χ2n) is 6.18. The van der Waals surface area contributed by atoms with E-state index in [1.165, 1.54) is 0 Å². The molecule has 110 valence electrons. The molecule has 1 aliphatic rings. The molecule has 2 atom stereocenters. The van der Waals surface area contributed by atoms with Crippen LogP contribution in [0.25, 0.3) is 0 Å². The largest absolute Gasteiger partial charge is 0.351 e. The molecule has 20 heavy (non-hydrogen) atoms. The molecule has 0 saturated heterocycles. The number of nitriles is 1. The van der Waals surface area contributed by atoms with Crippen LogP contribution in [-0.4, -0.2) is 35.3 Å². The maximum atomic E-state index is 12.1. The van der Waals surface area contributed by atoms with Crippen LogP contribution in [0.4, 0.5) is 9.59 Å². The SMILES string of the molecule is CCNC(=O)N1C(=O)N=C(C)C(C#N)C1CC(C)(C)C. The van der Waals surface area contributed by atoms with Crippen LogP contribution in [0.5, 0.6) is 0 Å². The Morgan fingerprint density at radius 1 is 1.50 bits per heavy atom. The van der Waals surface area contributed by atoms with Gasteiger partial charge in [-0.15, -0.1) is 0 Å². The number of carbonyl (C=O) groups excluding carboxylic acids is 2. The lowest BCUT2D eigenvalue weighted by atomic mass is 9.80. The van der Waals surface area contributed by atoms with Gasteiger partial charge in [0.15, 0.2) is 0 Å². The van der Waals surface area contributed by atoms with Gasteiger partial charge < -0.3 is 5.32 Å². The third-order valence-electron chi connectivity index (χ3n) is 3.15. The lowest BCUT2D eigenvalue weighted by Crippen LogP contribution is -2.56. The van der Waals surface area contributed by atoms with Crippen molar-refractivity contribution in [3.63, 3.8) is 0 Å². The first-order chi connectivity index (χ1) is 9.21. The van der Waals surface area contributed by atoms with Crippen LogP contribution in [-0.2, 0) is 0 Å². The first-order valence-corrected chi connectivity index (χ1v) is 6.77. The molecule has 0 bridgehead atoms. The number of hydrogen-bond acceptors (Lipinski definition) is 3. The highest BCUT2D eigenvalue weighted by Gasteiger charge is 2.42. The Kier molecular flexibility index (Phi) is 4.88. The van der Waals surface area contributed by atoms with Crippen molar-refractivity contribution in [2.75, 3.05) is 6.54 Å². The minimum absolute atomic E-state index is 0.109. The Morgan fingerprint density at radius 2 is 2.10 bits per heavy atom. The fraction of sp³-hybridized carbons (Fsp3) is 0.714. The van der Waals surface area contributed by atoms with Crippen molar-refractivity contribution in [3.8, 4) is 6.07 Å². The molecular weight excluding hydrogens is 256 g/mol. The van der Waals surface area contributed by atoms with Gasteiger partial charge in [-0.3, -0.25) is 0 Å². The summed E-state index contributed by atoms with van der Waals surface area (Å²) in [5.74, 6) is -0.547. The van der Waals surface area contributed by atoms with Crippen molar-refractivity contribution in [3.05, 3.63) is 0 Å². The fourth-order valence-electron chi connectivity index (χ4n) is 2.33. The molecule has 0 aromatic rings. The van der Waals surface area contributed by atoms with Crippen molar-refractivity contribution in [2.24, 2.45) is 16.3 Å². The van der Waals surface area contributed by atoms with Gasteiger partial charge in [-0.25, -0.2) is 19.5 Å². The zero-order valence-electron chi connectivity index (χ0n) is 12.7. The Bertz CT molecular complexity index is 471. The average molecular weight is 278 g/mol. The first kappa shape index (κ1) is 16.2. The van der Waals surface area contributed by atoms with E-state index >= 15 is 0 Å². The number of hydrogen-bond donors (Lipinski definition) is 1. The van der Waals surface area contributed by atoms with Crippen molar-refractivity contribution in [2.45, 2.75) is 47.1 Å². The molecule has 4 amide bonds. The van der Waals surface area contributed by atoms with Gasteiger partial charge in [-0.1, -0.05) is 20.8 Å². The lowest BCUT2D eigenvalue weighted by Gasteiger charge is -2.38. The number of rotatable bonds is 2. The number of amides is 4. The smallest absolute Gasteiger partial charge is 0.338 e. The number of nitrogens with one attached hydrogen (secondary N) is 1. The normalized spacial score (nSPS) is 23.1. The van der Waals surface area contributed by atoms with Gasteiger partial charge in [-0.2, -0.15) is 5.26 Å². The number of nitrogens with zero attached hydrogens (tertiary/aromatic N) is 3. The summed E-state index contributed by atoms with van der Waals surface area (Å²) in [7, 11) is 0. The van der Waals surface area contributed by atoms with E-state index in [0.717, 1.165) is 4.90 Å². The molecule has 1 heterocycles. The van der Waals surface area contributed by atoms with E-state index < -0.39 is 24.0 Å². The van der Waals surface area contributed by atoms with Gasteiger partial charge in [0.1, 0.15) is 5.92 Å². The van der Waals surface area contributed by atoms with Gasteiger partial charge in [0.2, 0.25) is 0 Å². The maximum absolute atomic E-state index is 12.1. The number of carbonyl (C=O) groups is 2. The average Bonchev–Trinajstić information content (AvgIpc) is 2.26. The van der Waals surface area contributed by atoms with E-state index in [1.807, 2.05) is 20.8 Å². The molecular formula is C14H22N4O2. The molecule has 1 rings (SSSR count). The molecule has 6 heteroatoms. The van der Waals surface area contributed by atoms with Crippen LogP contribution >= 0.6 is 0 Å². The van der Waals surface area contributed by atoms with E-state index in [9.17, 15) is 14.9 Å². The summed E-state index contributed by atoms with van der Waals surface area (Å²) in [5, 5.41) is 12.0. The second kappa shape index (κ2) is 6.04. The Hall–Kier alpha value is -1.90. The molecule has 1 aliphatic heterocycles. The topological polar surface area (TPSA) is 85.6 Å². The first-order valence-electron chi connectivity index (χ1n) is 6.77. The van der Waals surface area contributed by atoms with Crippen LogP contribution in [0.15, 0.2) is 4.99 Å². The molecule has 0 aromatic heterocycles. The van der Waals surface area contributed by atoms with E-state index in [-0.39, 0.29) is 5.41 Å². The molecule has 0 aromatic carbocycles. The zero-order chi connectivity index (χ0) is 15.5. The fourth-order valence-corrected chi connectivity index (χ4v) is 2.33. The van der Waals surface area contributed by atoms with E-state index in [2.05, 4.69) is 16.4 Å². The van der Waals surface area contributed by atoms with Crippen molar-refractivity contribution in [1.29, 1.82) is 5.26 Å². The van der Waals surface area contributed by atoms with E-state index in [0.29, 0.717) is 18.7 Å². The van der Waals surface area contributed by atoms with Gasteiger partial charge in [0.05, 0.1) is 12.1 Å². The molecule has 0 fully saturated rings. The minimum Gasteiger partial charge on any atom is -0.338 e. The third-order valence-corrected chi connectivity index (χ3v) is 3.15. The van der Waals surface area contributed by atoms with Crippen LogP contribution in [0.2, 0.25) is 0 Å². The van der Waals surface area contributed by atoms with E-state index in [4.69, 9.17) is 0 Å². The van der Waals surface area contributed by atoms with Crippen LogP contribution < -0.4 is 5.32 Å². The molecule has 0 spiro atoms. The highest BCUT2D eigenvalue weighted by Crippen LogP contribution is 2.31. The van der Waals surface area contributed by atoms with Crippen molar-refractivity contribution in [1.82, 2.24) is 10.2 Å². The summed E-state index contributed by atoms with van der Waals surface area (Å²) >= 11 is 0. The molecule has 6 nitrogen and oxygen atoms in total. The van der Waals surface area contributed by atoms with Gasteiger partial charge in [-0.05, 0) is 25.7 Å². The monoisotopic (exact) mass is 278 g/mol.